The minimum atomic E-state index is -0.187. The van der Waals surface area contributed by atoms with Crippen molar-refractivity contribution in [1.29, 1.82) is 0 Å². The second-order valence-electron chi connectivity index (χ2n) is 7.71. The van der Waals surface area contributed by atoms with Gasteiger partial charge < -0.3 is 25.2 Å². The van der Waals surface area contributed by atoms with Crippen LogP contribution in [0.15, 0.2) is 4.99 Å². The van der Waals surface area contributed by atoms with Crippen LogP contribution in [0.25, 0.3) is 0 Å². The van der Waals surface area contributed by atoms with E-state index in [0.717, 1.165) is 51.0 Å². The molecule has 156 valence electrons. The number of carbonyl (C=O) groups excluding carboxylic acids is 1. The molecule has 2 aliphatic heterocycles. The molecule has 0 aromatic carbocycles. The number of rotatable bonds is 6. The molecule has 1 unspecified atom stereocenters. The number of piperidine rings is 1. The SMILES string of the molecule is CCNC(=NCC1CCN(C2CC2)C1)NC1CCN(C(=O)OCC)CC1.I. The molecule has 3 rings (SSSR count). The fourth-order valence-electron chi connectivity index (χ4n) is 3.94. The Morgan fingerprint density at radius 1 is 1.11 bits per heavy atom. The smallest absolute Gasteiger partial charge is 0.409 e. The molecule has 1 atom stereocenters. The highest BCUT2D eigenvalue weighted by atomic mass is 127. The number of carbonyl (C=O) groups is 1. The van der Waals surface area contributed by atoms with Gasteiger partial charge >= 0.3 is 6.09 Å². The molecule has 2 saturated heterocycles. The van der Waals surface area contributed by atoms with Crippen LogP contribution in [0.2, 0.25) is 0 Å². The number of nitrogens with one attached hydrogen (secondary N) is 2. The lowest BCUT2D eigenvalue weighted by Crippen LogP contribution is -2.50. The number of hydrogen-bond donors (Lipinski definition) is 2. The van der Waals surface area contributed by atoms with Crippen LogP contribution < -0.4 is 10.6 Å². The minimum absolute atomic E-state index is 0. The van der Waals surface area contributed by atoms with Crippen molar-refractivity contribution in [3.63, 3.8) is 0 Å². The first kappa shape index (κ1) is 22.5. The molecule has 3 aliphatic rings. The Morgan fingerprint density at radius 3 is 2.48 bits per heavy atom. The van der Waals surface area contributed by atoms with Gasteiger partial charge in [0.15, 0.2) is 5.96 Å². The fraction of sp³-hybridized carbons (Fsp3) is 0.895. The highest BCUT2D eigenvalue weighted by molar-refractivity contribution is 14.0. The summed E-state index contributed by atoms with van der Waals surface area (Å²) in [5.74, 6) is 1.61. The van der Waals surface area contributed by atoms with Crippen molar-refractivity contribution >= 4 is 36.0 Å². The second kappa shape index (κ2) is 11.3. The van der Waals surface area contributed by atoms with Gasteiger partial charge in [-0.1, -0.05) is 0 Å². The van der Waals surface area contributed by atoms with Gasteiger partial charge in [0.2, 0.25) is 0 Å². The van der Waals surface area contributed by atoms with Gasteiger partial charge in [-0.25, -0.2) is 4.79 Å². The van der Waals surface area contributed by atoms with Crippen molar-refractivity contribution in [2.75, 3.05) is 45.9 Å². The maximum atomic E-state index is 11.8. The maximum absolute atomic E-state index is 11.8. The van der Waals surface area contributed by atoms with E-state index in [2.05, 4.69) is 22.5 Å². The average Bonchev–Trinajstić information content (AvgIpc) is 3.39. The highest BCUT2D eigenvalue weighted by Crippen LogP contribution is 2.31. The van der Waals surface area contributed by atoms with Gasteiger partial charge in [-0.05, 0) is 58.4 Å². The number of likely N-dealkylation sites (tertiary alicyclic amines) is 2. The largest absolute Gasteiger partial charge is 0.450 e. The molecule has 2 N–H and O–H groups in total. The van der Waals surface area contributed by atoms with Crippen molar-refractivity contribution in [2.24, 2.45) is 10.9 Å². The van der Waals surface area contributed by atoms with Gasteiger partial charge in [0.25, 0.3) is 0 Å². The standard InChI is InChI=1S/C19H35N5O2.HI/c1-3-20-18(21-13-15-7-10-24(14-15)17-5-6-17)22-16-8-11-23(12-9-16)19(25)26-4-2;/h15-17H,3-14H2,1-2H3,(H2,20,21,22);1H. The van der Waals surface area contributed by atoms with Gasteiger partial charge in [-0.15, -0.1) is 24.0 Å². The van der Waals surface area contributed by atoms with Crippen LogP contribution in [0, 0.1) is 5.92 Å². The van der Waals surface area contributed by atoms with Crippen molar-refractivity contribution in [3.8, 4) is 0 Å². The van der Waals surface area contributed by atoms with E-state index >= 15 is 0 Å². The Kier molecular flexibility index (Phi) is 9.41. The summed E-state index contributed by atoms with van der Waals surface area (Å²) in [6, 6.07) is 1.24. The number of aliphatic imine (C=N–C) groups is 1. The third kappa shape index (κ3) is 6.96. The van der Waals surface area contributed by atoms with Gasteiger partial charge in [-0.2, -0.15) is 0 Å². The Balaban J connectivity index is 0.00000261. The van der Waals surface area contributed by atoms with Crippen molar-refractivity contribution in [2.45, 2.75) is 58.0 Å². The summed E-state index contributed by atoms with van der Waals surface area (Å²) in [4.78, 5) is 21.1. The summed E-state index contributed by atoms with van der Waals surface area (Å²) in [5, 5.41) is 6.94. The summed E-state index contributed by atoms with van der Waals surface area (Å²) in [6.45, 7) is 10.1. The van der Waals surface area contributed by atoms with Gasteiger partial charge in [0.1, 0.15) is 0 Å². The Bertz CT molecular complexity index is 492. The summed E-state index contributed by atoms with van der Waals surface area (Å²) >= 11 is 0. The normalized spacial score (nSPS) is 24.4. The molecule has 1 saturated carbocycles. The molecule has 7 nitrogen and oxygen atoms in total. The maximum Gasteiger partial charge on any atom is 0.409 e. The fourth-order valence-corrected chi connectivity index (χ4v) is 3.94. The molecule has 0 bridgehead atoms. The zero-order chi connectivity index (χ0) is 18.4. The van der Waals surface area contributed by atoms with E-state index in [4.69, 9.17) is 9.73 Å². The zero-order valence-electron chi connectivity index (χ0n) is 16.8. The molecule has 1 aliphatic carbocycles. The van der Waals surface area contributed by atoms with Crippen molar-refractivity contribution < 1.29 is 9.53 Å². The summed E-state index contributed by atoms with van der Waals surface area (Å²) in [6.07, 6.45) is 5.74. The minimum Gasteiger partial charge on any atom is -0.450 e. The van der Waals surface area contributed by atoms with E-state index in [1.807, 2.05) is 6.92 Å². The molecule has 0 radical (unpaired) electrons. The number of hydrogen-bond acceptors (Lipinski definition) is 4. The van der Waals surface area contributed by atoms with Crippen LogP contribution in [-0.4, -0.2) is 79.8 Å². The second-order valence-corrected chi connectivity index (χ2v) is 7.71. The monoisotopic (exact) mass is 493 g/mol. The highest BCUT2D eigenvalue weighted by Gasteiger charge is 2.34. The predicted octanol–water partition coefficient (Wildman–Crippen LogP) is 2.26. The van der Waals surface area contributed by atoms with Crippen molar-refractivity contribution in [3.05, 3.63) is 0 Å². The van der Waals surface area contributed by atoms with E-state index < -0.39 is 0 Å². The number of ether oxygens (including phenoxy) is 1. The summed E-state index contributed by atoms with van der Waals surface area (Å²) in [7, 11) is 0. The molecule has 8 heteroatoms. The molecule has 0 aromatic rings. The van der Waals surface area contributed by atoms with E-state index in [9.17, 15) is 4.79 Å². The van der Waals surface area contributed by atoms with Crippen LogP contribution in [0.4, 0.5) is 4.79 Å². The summed E-state index contributed by atoms with van der Waals surface area (Å²) < 4.78 is 5.09. The molecule has 27 heavy (non-hydrogen) atoms. The van der Waals surface area contributed by atoms with Crippen LogP contribution in [0.3, 0.4) is 0 Å². The number of nitrogens with zero attached hydrogens (tertiary/aromatic N) is 3. The van der Waals surface area contributed by atoms with Gasteiger partial charge in [0.05, 0.1) is 6.61 Å². The van der Waals surface area contributed by atoms with Crippen LogP contribution in [0.5, 0.6) is 0 Å². The van der Waals surface area contributed by atoms with Gasteiger partial charge in [-0.3, -0.25) is 4.99 Å². The quantitative estimate of drug-likeness (QED) is 0.338. The lowest BCUT2D eigenvalue weighted by atomic mass is 10.1. The molecular weight excluding hydrogens is 457 g/mol. The van der Waals surface area contributed by atoms with Crippen LogP contribution >= 0.6 is 24.0 Å². The van der Waals surface area contributed by atoms with Gasteiger partial charge in [0, 0.05) is 44.8 Å². The Morgan fingerprint density at radius 2 is 1.85 bits per heavy atom. The topological polar surface area (TPSA) is 69.2 Å². The Hall–Kier alpha value is -0.770. The molecule has 0 aromatic heterocycles. The first-order valence-corrected chi connectivity index (χ1v) is 10.4. The van der Waals surface area contributed by atoms with Crippen LogP contribution in [0.1, 0.15) is 46.0 Å². The molecule has 3 fully saturated rings. The van der Waals surface area contributed by atoms with Crippen molar-refractivity contribution in [1.82, 2.24) is 20.4 Å². The molecule has 2 heterocycles. The molecule has 1 amide bonds. The Labute approximate surface area is 180 Å². The first-order chi connectivity index (χ1) is 12.7. The first-order valence-electron chi connectivity index (χ1n) is 10.4. The third-order valence-electron chi connectivity index (χ3n) is 5.59. The third-order valence-corrected chi connectivity index (χ3v) is 5.59. The average molecular weight is 493 g/mol. The van der Waals surface area contributed by atoms with E-state index in [0.29, 0.717) is 18.6 Å². The lowest BCUT2D eigenvalue weighted by molar-refractivity contribution is 0.0963. The molecule has 0 spiro atoms. The summed E-state index contributed by atoms with van der Waals surface area (Å²) in [5.41, 5.74) is 0. The number of halogens is 1. The van der Waals surface area contributed by atoms with Crippen LogP contribution in [-0.2, 0) is 4.74 Å². The molecular formula is C19H36IN5O2. The van der Waals surface area contributed by atoms with E-state index in [1.54, 1.807) is 4.90 Å². The lowest BCUT2D eigenvalue weighted by Gasteiger charge is -2.32. The predicted molar refractivity (Wildman–Crippen MR) is 119 cm³/mol. The number of amides is 1. The number of guanidine groups is 1. The van der Waals surface area contributed by atoms with E-state index in [1.165, 1.54) is 32.4 Å². The van der Waals surface area contributed by atoms with E-state index in [-0.39, 0.29) is 30.1 Å². The zero-order valence-corrected chi connectivity index (χ0v) is 19.1.